The van der Waals surface area contributed by atoms with E-state index in [2.05, 4.69) is 9.72 Å². The highest BCUT2D eigenvalue weighted by Gasteiger charge is 2.31. The average molecular weight is 420 g/mol. The van der Waals surface area contributed by atoms with Gasteiger partial charge in [0.25, 0.3) is 0 Å². The Morgan fingerprint density at radius 2 is 1.83 bits per heavy atom. The number of alkyl halides is 3. The van der Waals surface area contributed by atoms with E-state index in [9.17, 15) is 27.2 Å². The van der Waals surface area contributed by atoms with E-state index in [0.717, 1.165) is 12.1 Å². The predicted octanol–water partition coefficient (Wildman–Crippen LogP) is 4.22. The quantitative estimate of drug-likeness (QED) is 0.443. The number of rotatable bonds is 6. The summed E-state index contributed by atoms with van der Waals surface area (Å²) in [6.45, 7) is 0. The molecule has 3 rings (SSSR count). The normalized spacial score (nSPS) is 12.4. The van der Waals surface area contributed by atoms with Gasteiger partial charge in [-0.05, 0) is 35.9 Å². The maximum Gasteiger partial charge on any atom is 0.573 e. The zero-order valence-corrected chi connectivity index (χ0v) is 15.7. The van der Waals surface area contributed by atoms with E-state index in [1.54, 1.807) is 0 Å². The molecule has 30 heavy (non-hydrogen) atoms. The number of aryl methyl sites for hydroxylation is 1. The first kappa shape index (κ1) is 21.2. The van der Waals surface area contributed by atoms with E-state index in [4.69, 9.17) is 0 Å². The van der Waals surface area contributed by atoms with Crippen molar-refractivity contribution in [2.24, 2.45) is 7.05 Å². The first-order chi connectivity index (χ1) is 14.1. The first-order valence-electron chi connectivity index (χ1n) is 8.80. The Labute approximate surface area is 168 Å². The molecule has 0 saturated carbocycles. The maximum absolute atomic E-state index is 14.4. The Kier molecular flexibility index (Phi) is 6.00. The van der Waals surface area contributed by atoms with Crippen molar-refractivity contribution in [3.63, 3.8) is 0 Å². The minimum Gasteiger partial charge on any atom is -0.406 e. The molecule has 5 nitrogen and oxygen atoms in total. The summed E-state index contributed by atoms with van der Waals surface area (Å²) in [6.07, 6.45) is -2.31. The summed E-state index contributed by atoms with van der Waals surface area (Å²) >= 11 is 0. The van der Waals surface area contributed by atoms with E-state index >= 15 is 0 Å². The van der Waals surface area contributed by atoms with Crippen molar-refractivity contribution >= 4 is 5.78 Å². The van der Waals surface area contributed by atoms with E-state index in [1.165, 1.54) is 60.4 Å². The van der Waals surface area contributed by atoms with Crippen LogP contribution in [-0.2, 0) is 7.05 Å². The van der Waals surface area contributed by atoms with E-state index in [1.807, 2.05) is 0 Å². The lowest BCUT2D eigenvalue weighted by atomic mass is 9.88. The van der Waals surface area contributed by atoms with Crippen molar-refractivity contribution in [3.8, 4) is 5.75 Å². The standard InChI is InChI=1S/C21H16F4N2O3/c1-27-12-14(6-9-19(27)29)18(28)11-16(20-17(22)3-2-10-26-20)13-4-7-15(8-5-13)30-21(23,24)25/h2-10,12,16H,11H2,1H3/t16-/m0/s1. The summed E-state index contributed by atoms with van der Waals surface area (Å²) < 4.78 is 56.7. The summed E-state index contributed by atoms with van der Waals surface area (Å²) in [7, 11) is 1.49. The fourth-order valence-corrected chi connectivity index (χ4v) is 2.99. The number of pyridine rings is 2. The number of halogens is 4. The fraction of sp³-hybridized carbons (Fsp3) is 0.190. The Hall–Kier alpha value is -3.49. The van der Waals surface area contributed by atoms with Gasteiger partial charge in [0, 0.05) is 43.4 Å². The van der Waals surface area contributed by atoms with E-state index < -0.39 is 23.8 Å². The van der Waals surface area contributed by atoms with Crippen molar-refractivity contribution in [2.75, 3.05) is 0 Å². The average Bonchev–Trinajstić information content (AvgIpc) is 2.68. The molecule has 0 fully saturated rings. The molecular weight excluding hydrogens is 404 g/mol. The fourth-order valence-electron chi connectivity index (χ4n) is 2.99. The van der Waals surface area contributed by atoms with Crippen LogP contribution in [0.4, 0.5) is 17.6 Å². The highest BCUT2D eigenvalue weighted by molar-refractivity contribution is 5.96. The van der Waals surface area contributed by atoms with Crippen molar-refractivity contribution in [1.82, 2.24) is 9.55 Å². The number of benzene rings is 1. The molecule has 0 unspecified atom stereocenters. The van der Waals surface area contributed by atoms with Crippen molar-refractivity contribution in [1.29, 1.82) is 0 Å². The van der Waals surface area contributed by atoms with Gasteiger partial charge in [-0.2, -0.15) is 0 Å². The lowest BCUT2D eigenvalue weighted by Gasteiger charge is -2.18. The van der Waals surface area contributed by atoms with Gasteiger partial charge in [0.2, 0.25) is 5.56 Å². The number of ether oxygens (including phenoxy) is 1. The van der Waals surface area contributed by atoms with Crippen LogP contribution in [0.1, 0.15) is 34.0 Å². The molecule has 2 aromatic heterocycles. The molecule has 156 valence electrons. The van der Waals surface area contributed by atoms with Crippen LogP contribution in [0.3, 0.4) is 0 Å². The number of hydrogen-bond donors (Lipinski definition) is 0. The van der Waals surface area contributed by atoms with Crippen LogP contribution in [0.15, 0.2) is 65.7 Å². The zero-order valence-electron chi connectivity index (χ0n) is 15.7. The van der Waals surface area contributed by atoms with Crippen LogP contribution in [0.2, 0.25) is 0 Å². The SMILES string of the molecule is Cn1cc(C(=O)C[C@@H](c2ccc(OC(F)(F)F)cc2)c2ncccc2F)ccc1=O. The predicted molar refractivity (Wildman–Crippen MR) is 99.8 cm³/mol. The minimum atomic E-state index is -4.84. The summed E-state index contributed by atoms with van der Waals surface area (Å²) in [5.74, 6) is -2.31. The third-order valence-electron chi connectivity index (χ3n) is 4.43. The van der Waals surface area contributed by atoms with Crippen LogP contribution in [0.5, 0.6) is 5.75 Å². The molecule has 2 heterocycles. The Balaban J connectivity index is 1.95. The molecule has 0 saturated heterocycles. The molecule has 0 N–H and O–H groups in total. The van der Waals surface area contributed by atoms with Crippen LogP contribution >= 0.6 is 0 Å². The van der Waals surface area contributed by atoms with Crippen LogP contribution in [0.25, 0.3) is 0 Å². The Morgan fingerprint density at radius 3 is 2.43 bits per heavy atom. The molecule has 0 aliphatic heterocycles. The number of carbonyl (C=O) groups excluding carboxylic acids is 1. The summed E-state index contributed by atoms with van der Waals surface area (Å²) in [5.41, 5.74) is 0.329. The molecule has 0 amide bonds. The van der Waals surface area contributed by atoms with Crippen LogP contribution in [0, 0.1) is 5.82 Å². The molecule has 0 bridgehead atoms. The number of hydrogen-bond acceptors (Lipinski definition) is 4. The van der Waals surface area contributed by atoms with Gasteiger partial charge in [-0.1, -0.05) is 12.1 Å². The zero-order chi connectivity index (χ0) is 21.9. The summed E-state index contributed by atoms with van der Waals surface area (Å²) in [6, 6.07) is 10.0. The topological polar surface area (TPSA) is 61.2 Å². The molecule has 0 aliphatic carbocycles. The van der Waals surface area contributed by atoms with Gasteiger partial charge in [-0.15, -0.1) is 13.2 Å². The van der Waals surface area contributed by atoms with Gasteiger partial charge in [-0.3, -0.25) is 14.6 Å². The van der Waals surface area contributed by atoms with Gasteiger partial charge in [0.1, 0.15) is 11.6 Å². The molecule has 1 atom stereocenters. The highest BCUT2D eigenvalue weighted by atomic mass is 19.4. The molecule has 0 radical (unpaired) electrons. The van der Waals surface area contributed by atoms with Crippen LogP contribution in [-0.4, -0.2) is 21.7 Å². The second-order valence-electron chi connectivity index (χ2n) is 6.53. The molecule has 0 spiro atoms. The summed E-state index contributed by atoms with van der Waals surface area (Å²) in [4.78, 5) is 28.3. The van der Waals surface area contributed by atoms with E-state index in [-0.39, 0.29) is 29.0 Å². The Bertz CT molecular complexity index is 1110. The molecule has 3 aromatic rings. The van der Waals surface area contributed by atoms with Crippen molar-refractivity contribution < 1.29 is 27.1 Å². The van der Waals surface area contributed by atoms with Gasteiger partial charge in [0.15, 0.2) is 5.78 Å². The number of ketones is 1. The van der Waals surface area contributed by atoms with Gasteiger partial charge < -0.3 is 9.30 Å². The second-order valence-corrected chi connectivity index (χ2v) is 6.53. The lowest BCUT2D eigenvalue weighted by molar-refractivity contribution is -0.274. The first-order valence-corrected chi connectivity index (χ1v) is 8.80. The molecule has 9 heteroatoms. The monoisotopic (exact) mass is 420 g/mol. The van der Waals surface area contributed by atoms with Gasteiger partial charge in [-0.25, -0.2) is 4.39 Å². The third-order valence-corrected chi connectivity index (χ3v) is 4.43. The van der Waals surface area contributed by atoms with Crippen LogP contribution < -0.4 is 10.3 Å². The van der Waals surface area contributed by atoms with Gasteiger partial charge in [0.05, 0.1) is 5.69 Å². The molecular formula is C21H16F4N2O3. The number of Topliss-reactive ketones (excluding diaryl/α,β-unsaturated/α-hetero) is 1. The van der Waals surface area contributed by atoms with Crippen molar-refractivity contribution in [2.45, 2.75) is 18.7 Å². The molecule has 1 aromatic carbocycles. The van der Waals surface area contributed by atoms with E-state index in [0.29, 0.717) is 5.56 Å². The van der Waals surface area contributed by atoms with Gasteiger partial charge >= 0.3 is 6.36 Å². The molecule has 0 aliphatic rings. The minimum absolute atomic E-state index is 0.0137. The largest absolute Gasteiger partial charge is 0.573 e. The van der Waals surface area contributed by atoms with Crippen molar-refractivity contribution in [3.05, 3.63) is 93.9 Å². The second kappa shape index (κ2) is 8.48. The number of nitrogens with zero attached hydrogens (tertiary/aromatic N) is 2. The summed E-state index contributed by atoms with van der Waals surface area (Å²) in [5, 5.41) is 0. The maximum atomic E-state index is 14.4. The highest BCUT2D eigenvalue weighted by Crippen LogP contribution is 2.32. The lowest BCUT2D eigenvalue weighted by Crippen LogP contribution is -2.18. The number of aromatic nitrogens is 2. The number of carbonyl (C=O) groups is 1. The third kappa shape index (κ3) is 5.11. The smallest absolute Gasteiger partial charge is 0.406 e. The Morgan fingerprint density at radius 1 is 1.13 bits per heavy atom.